The maximum atomic E-state index is 12.8. The molecule has 0 radical (unpaired) electrons. The Morgan fingerprint density at radius 2 is 1.54 bits per heavy atom. The average Bonchev–Trinajstić information content (AvgIpc) is 2.80. The Hall–Kier alpha value is -2.94. The fourth-order valence-electron chi connectivity index (χ4n) is 3.82. The number of nitrogens with zero attached hydrogens (tertiary/aromatic N) is 2. The molecule has 1 saturated heterocycles. The van der Waals surface area contributed by atoms with E-state index in [1.165, 1.54) is 0 Å². The van der Waals surface area contributed by atoms with Crippen molar-refractivity contribution in [2.24, 2.45) is 0 Å². The summed E-state index contributed by atoms with van der Waals surface area (Å²) in [5.41, 5.74) is 2.06. The van der Waals surface area contributed by atoms with Crippen LogP contribution in [0.25, 0.3) is 0 Å². The van der Waals surface area contributed by atoms with E-state index in [0.717, 1.165) is 57.8 Å². The second-order valence-electron chi connectivity index (χ2n) is 10.00. The largest absolute Gasteiger partial charge is 0.444 e. The van der Waals surface area contributed by atoms with E-state index in [1.807, 2.05) is 24.3 Å². The van der Waals surface area contributed by atoms with Gasteiger partial charge < -0.3 is 25.2 Å². The zero-order valence-electron chi connectivity index (χ0n) is 21.4. The summed E-state index contributed by atoms with van der Waals surface area (Å²) in [6.07, 6.45) is 0.556. The number of rotatable bonds is 9. The van der Waals surface area contributed by atoms with Crippen LogP contribution in [-0.2, 0) is 11.3 Å². The number of carbonyl (C=O) groups excluding carboxylic acids is 2. The molecule has 0 atom stereocenters. The molecule has 2 amide bonds. The standard InChI is InChI=1S/C27H39N5O3/c1-27(2,3)35-26(34)30-24-9-6-5-8-23(24)29-25(33)22-12-10-21(11-13-22)20-28-14-7-15-32-18-16-31(4)17-19-32/h5-6,8-13,28H,7,14-20H2,1-4H3,(H,29,33)(H,30,34). The maximum Gasteiger partial charge on any atom is 0.412 e. The second-order valence-corrected chi connectivity index (χ2v) is 10.00. The Labute approximate surface area is 209 Å². The number of nitrogens with one attached hydrogen (secondary N) is 3. The van der Waals surface area contributed by atoms with Gasteiger partial charge in [-0.25, -0.2) is 4.79 Å². The van der Waals surface area contributed by atoms with Crippen LogP contribution in [0.5, 0.6) is 0 Å². The van der Waals surface area contributed by atoms with Crippen LogP contribution in [0.2, 0.25) is 0 Å². The summed E-state index contributed by atoms with van der Waals surface area (Å²) in [6, 6.07) is 14.6. The molecule has 8 heteroatoms. The molecule has 1 aliphatic heterocycles. The van der Waals surface area contributed by atoms with Crippen LogP contribution in [0.3, 0.4) is 0 Å². The van der Waals surface area contributed by atoms with Gasteiger partial charge in [0.25, 0.3) is 5.91 Å². The summed E-state index contributed by atoms with van der Waals surface area (Å²) in [7, 11) is 2.18. The minimum absolute atomic E-state index is 0.241. The van der Waals surface area contributed by atoms with E-state index < -0.39 is 11.7 Å². The molecule has 1 aliphatic rings. The lowest BCUT2D eigenvalue weighted by atomic mass is 10.1. The molecule has 3 rings (SSSR count). The fourth-order valence-corrected chi connectivity index (χ4v) is 3.82. The van der Waals surface area contributed by atoms with Gasteiger partial charge in [0, 0.05) is 38.3 Å². The molecule has 1 fully saturated rings. The Balaban J connectivity index is 1.44. The van der Waals surface area contributed by atoms with Crippen LogP contribution >= 0.6 is 0 Å². The molecule has 1 heterocycles. The molecule has 3 N–H and O–H groups in total. The molecule has 2 aromatic carbocycles. The third kappa shape index (κ3) is 9.32. The predicted molar refractivity (Wildman–Crippen MR) is 141 cm³/mol. The Morgan fingerprint density at radius 1 is 0.914 bits per heavy atom. The molecular weight excluding hydrogens is 442 g/mol. The number of ether oxygens (including phenoxy) is 1. The third-order valence-corrected chi connectivity index (χ3v) is 5.78. The van der Waals surface area contributed by atoms with Gasteiger partial charge >= 0.3 is 6.09 Å². The molecule has 0 unspecified atom stereocenters. The molecule has 8 nitrogen and oxygen atoms in total. The van der Waals surface area contributed by atoms with E-state index in [2.05, 4.69) is 32.8 Å². The van der Waals surface area contributed by atoms with Crippen molar-refractivity contribution >= 4 is 23.4 Å². The quantitative estimate of drug-likeness (QED) is 0.469. The number of benzene rings is 2. The highest BCUT2D eigenvalue weighted by Gasteiger charge is 2.18. The second kappa shape index (κ2) is 12.7. The summed E-state index contributed by atoms with van der Waals surface area (Å²) in [5, 5.41) is 9.07. The van der Waals surface area contributed by atoms with E-state index >= 15 is 0 Å². The molecular formula is C27H39N5O3. The SMILES string of the molecule is CN1CCN(CCCNCc2ccc(C(=O)Nc3ccccc3NC(=O)OC(C)(C)C)cc2)CC1. The van der Waals surface area contributed by atoms with Crippen molar-refractivity contribution in [2.75, 3.05) is 56.9 Å². The zero-order chi connectivity index (χ0) is 25.3. The van der Waals surface area contributed by atoms with Gasteiger partial charge in [-0.1, -0.05) is 24.3 Å². The van der Waals surface area contributed by atoms with Crippen LogP contribution in [0.15, 0.2) is 48.5 Å². The molecule has 35 heavy (non-hydrogen) atoms. The number of carbonyl (C=O) groups is 2. The smallest absolute Gasteiger partial charge is 0.412 e. The number of para-hydroxylation sites is 2. The monoisotopic (exact) mass is 481 g/mol. The molecule has 0 spiro atoms. The van der Waals surface area contributed by atoms with Crippen molar-refractivity contribution in [2.45, 2.75) is 39.3 Å². The first-order valence-corrected chi connectivity index (χ1v) is 12.3. The summed E-state index contributed by atoms with van der Waals surface area (Å²) >= 11 is 0. The summed E-state index contributed by atoms with van der Waals surface area (Å²) in [5.74, 6) is -0.241. The number of amides is 2. The zero-order valence-corrected chi connectivity index (χ0v) is 21.4. The van der Waals surface area contributed by atoms with Crippen molar-refractivity contribution in [1.29, 1.82) is 0 Å². The number of hydrogen-bond donors (Lipinski definition) is 3. The maximum absolute atomic E-state index is 12.8. The van der Waals surface area contributed by atoms with E-state index in [4.69, 9.17) is 4.74 Å². The molecule has 0 aliphatic carbocycles. The van der Waals surface area contributed by atoms with Crippen molar-refractivity contribution in [3.8, 4) is 0 Å². The highest BCUT2D eigenvalue weighted by atomic mass is 16.6. The normalized spacial score (nSPS) is 15.0. The first-order chi connectivity index (χ1) is 16.7. The van der Waals surface area contributed by atoms with Gasteiger partial charge in [-0.15, -0.1) is 0 Å². The summed E-state index contributed by atoms with van der Waals surface area (Å²) < 4.78 is 5.31. The van der Waals surface area contributed by atoms with Gasteiger partial charge in [-0.3, -0.25) is 10.1 Å². The summed E-state index contributed by atoms with van der Waals surface area (Å²) in [4.78, 5) is 29.8. The molecule has 0 bridgehead atoms. The van der Waals surface area contributed by atoms with Crippen molar-refractivity contribution < 1.29 is 14.3 Å². The average molecular weight is 482 g/mol. The Bertz CT molecular complexity index is 964. The van der Waals surface area contributed by atoms with Gasteiger partial charge in [0.2, 0.25) is 0 Å². The predicted octanol–water partition coefficient (Wildman–Crippen LogP) is 4.01. The van der Waals surface area contributed by atoms with Gasteiger partial charge in [-0.05, 0) is 77.2 Å². The lowest BCUT2D eigenvalue weighted by Crippen LogP contribution is -2.45. The first-order valence-electron chi connectivity index (χ1n) is 12.3. The van der Waals surface area contributed by atoms with E-state index in [1.54, 1.807) is 45.0 Å². The van der Waals surface area contributed by atoms with Crippen molar-refractivity contribution in [3.63, 3.8) is 0 Å². The molecule has 0 aromatic heterocycles. The highest BCUT2D eigenvalue weighted by molar-refractivity contribution is 6.06. The van der Waals surface area contributed by atoms with Gasteiger partial charge in [0.15, 0.2) is 0 Å². The van der Waals surface area contributed by atoms with Crippen LogP contribution in [0, 0.1) is 0 Å². The number of likely N-dealkylation sites (N-methyl/N-ethyl adjacent to an activating group) is 1. The van der Waals surface area contributed by atoms with E-state index in [0.29, 0.717) is 16.9 Å². The van der Waals surface area contributed by atoms with Crippen molar-refractivity contribution in [1.82, 2.24) is 15.1 Å². The van der Waals surface area contributed by atoms with E-state index in [-0.39, 0.29) is 5.91 Å². The van der Waals surface area contributed by atoms with Crippen LogP contribution in [0.1, 0.15) is 43.1 Å². The minimum atomic E-state index is -0.608. The lowest BCUT2D eigenvalue weighted by Gasteiger charge is -2.32. The van der Waals surface area contributed by atoms with Crippen LogP contribution < -0.4 is 16.0 Å². The summed E-state index contributed by atoms with van der Waals surface area (Å²) in [6.45, 7) is 12.9. The number of piperazine rings is 1. The molecule has 2 aromatic rings. The minimum Gasteiger partial charge on any atom is -0.444 e. The van der Waals surface area contributed by atoms with Crippen molar-refractivity contribution in [3.05, 3.63) is 59.7 Å². The third-order valence-electron chi connectivity index (χ3n) is 5.78. The topological polar surface area (TPSA) is 85.9 Å². The van der Waals surface area contributed by atoms with E-state index in [9.17, 15) is 9.59 Å². The van der Waals surface area contributed by atoms with Crippen LogP contribution in [0.4, 0.5) is 16.2 Å². The molecule has 190 valence electrons. The van der Waals surface area contributed by atoms with Gasteiger partial charge in [0.1, 0.15) is 5.60 Å². The Morgan fingerprint density at radius 3 is 2.17 bits per heavy atom. The number of anilines is 2. The first kappa shape index (κ1) is 26.7. The highest BCUT2D eigenvalue weighted by Crippen LogP contribution is 2.23. The fraction of sp³-hybridized carbons (Fsp3) is 0.481. The van der Waals surface area contributed by atoms with Crippen LogP contribution in [-0.4, -0.2) is 73.7 Å². The lowest BCUT2D eigenvalue weighted by molar-refractivity contribution is 0.0635. The van der Waals surface area contributed by atoms with Gasteiger partial charge in [-0.2, -0.15) is 0 Å². The van der Waals surface area contributed by atoms with Gasteiger partial charge in [0.05, 0.1) is 11.4 Å². The molecule has 0 saturated carbocycles. The Kier molecular flexibility index (Phi) is 9.65. The number of hydrogen-bond acceptors (Lipinski definition) is 6.